The van der Waals surface area contributed by atoms with Gasteiger partial charge in [0.2, 0.25) is 5.91 Å². The van der Waals surface area contributed by atoms with Crippen molar-refractivity contribution < 1.29 is 49.3 Å². The lowest BCUT2D eigenvalue weighted by atomic mass is 9.99. The van der Waals surface area contributed by atoms with E-state index in [1.165, 1.54) is 64.2 Å². The minimum Gasteiger partial charge on any atom is -0.454 e. The number of allylic oxidation sites excluding steroid dienone is 13. The zero-order valence-corrected chi connectivity index (χ0v) is 44.1. The van der Waals surface area contributed by atoms with E-state index in [0.29, 0.717) is 12.8 Å². The van der Waals surface area contributed by atoms with Crippen LogP contribution in [0.15, 0.2) is 85.1 Å². The van der Waals surface area contributed by atoms with Gasteiger partial charge in [-0.15, -0.1) is 0 Å². The second kappa shape index (κ2) is 46.9. The maximum atomic E-state index is 13.4. The maximum absolute atomic E-state index is 13.4. The first-order valence-electron chi connectivity index (χ1n) is 27.9. The van der Waals surface area contributed by atoms with Crippen LogP contribution in [0.25, 0.3) is 0 Å². The first-order valence-corrected chi connectivity index (χ1v) is 27.9. The molecule has 1 amide bonds. The summed E-state index contributed by atoms with van der Waals surface area (Å²) in [5.41, 5.74) is 0. The molecule has 1 saturated heterocycles. The van der Waals surface area contributed by atoms with Gasteiger partial charge in [-0.3, -0.25) is 9.59 Å². The molecule has 11 heteroatoms. The van der Waals surface area contributed by atoms with Crippen LogP contribution in [0.3, 0.4) is 0 Å². The molecule has 0 saturated carbocycles. The zero-order valence-electron chi connectivity index (χ0n) is 44.1. The van der Waals surface area contributed by atoms with E-state index in [0.717, 1.165) is 103 Å². The molecular formula is C59H101NO10. The topological polar surface area (TPSA) is 175 Å². The maximum Gasteiger partial charge on any atom is 0.306 e. The van der Waals surface area contributed by atoms with Crippen LogP contribution in [0, 0.1) is 0 Å². The molecule has 0 aromatic rings. The summed E-state index contributed by atoms with van der Waals surface area (Å²) in [5.74, 6) is -1.25. The molecule has 11 nitrogen and oxygen atoms in total. The Morgan fingerprint density at radius 2 is 1.09 bits per heavy atom. The van der Waals surface area contributed by atoms with Gasteiger partial charge in [-0.05, 0) is 83.5 Å². The Balaban J connectivity index is 2.79. The molecule has 402 valence electrons. The predicted molar refractivity (Wildman–Crippen MR) is 287 cm³/mol. The van der Waals surface area contributed by atoms with E-state index in [2.05, 4.69) is 80.8 Å². The molecule has 70 heavy (non-hydrogen) atoms. The number of hydrogen-bond acceptors (Lipinski definition) is 10. The van der Waals surface area contributed by atoms with E-state index in [1.54, 1.807) is 6.08 Å². The van der Waals surface area contributed by atoms with Crippen LogP contribution < -0.4 is 5.32 Å². The highest BCUT2D eigenvalue weighted by Gasteiger charge is 2.47. The van der Waals surface area contributed by atoms with Crippen LogP contribution in [0.5, 0.6) is 0 Å². The van der Waals surface area contributed by atoms with Crippen LogP contribution in [0.4, 0.5) is 0 Å². The van der Waals surface area contributed by atoms with Crippen molar-refractivity contribution in [2.24, 2.45) is 0 Å². The quantitative estimate of drug-likeness (QED) is 0.0149. The summed E-state index contributed by atoms with van der Waals surface area (Å²) in [6.07, 6.45) is 49.1. The largest absolute Gasteiger partial charge is 0.454 e. The lowest BCUT2D eigenvalue weighted by Gasteiger charge is -2.41. The van der Waals surface area contributed by atoms with Crippen LogP contribution >= 0.6 is 0 Å². The number of amides is 1. The number of nitrogens with one attached hydrogen (secondary N) is 1. The standard InChI is InChI=1S/C59H101NO10/c1-4-7-10-13-16-19-22-25-26-27-29-31-34-37-40-43-46-52(63)58(67)60-50(51(62)45-42-39-36-33-30-24-21-18-15-12-9-6-3)49-68-59-57(56(66)55(65)53(48-61)69-59)70-54(64)47-44-41-38-35-32-28-23-20-17-14-11-8-5-2/h8,11,14,16-17,19-20,23,25-26,29,31,42,45,50-53,55-57,59,61-63,65-66H,4-7,9-10,12-13,15,18,21-22,24,27-28,30,32-41,43-44,46-49H2,1-3H3,(H,60,67)/b11-8+,17-14+,19-16-,23-20-,26-25-,31-29-,45-42+. The van der Waals surface area contributed by atoms with Crippen LogP contribution in [0.2, 0.25) is 0 Å². The fourth-order valence-corrected chi connectivity index (χ4v) is 8.13. The summed E-state index contributed by atoms with van der Waals surface area (Å²) < 4.78 is 17.5. The number of unbranched alkanes of at least 4 members (excludes halogenated alkanes) is 21. The number of rotatable bonds is 45. The highest BCUT2D eigenvalue weighted by molar-refractivity contribution is 5.80. The van der Waals surface area contributed by atoms with E-state index in [1.807, 2.05) is 24.3 Å². The van der Waals surface area contributed by atoms with Gasteiger partial charge in [0.05, 0.1) is 25.4 Å². The SMILES string of the molecule is CC/C=C/C=C/C=C\CCCCCCCC(=O)OC1C(OCC(NC(=O)C(O)CCCCC/C=C\C/C=C\C/C=C\CCCCC)C(O)/C=C/CCCCCCCCCCCC)OC(CO)C(O)C1O. The molecule has 1 aliphatic heterocycles. The first-order chi connectivity index (χ1) is 34.2. The van der Waals surface area contributed by atoms with Gasteiger partial charge in [0.25, 0.3) is 0 Å². The Bertz CT molecular complexity index is 1460. The van der Waals surface area contributed by atoms with Crippen molar-refractivity contribution >= 4 is 11.9 Å². The highest BCUT2D eigenvalue weighted by Crippen LogP contribution is 2.26. The van der Waals surface area contributed by atoms with Crippen molar-refractivity contribution in [3.05, 3.63) is 85.1 Å². The Morgan fingerprint density at radius 3 is 1.69 bits per heavy atom. The third-order valence-corrected chi connectivity index (χ3v) is 12.6. The second-order valence-electron chi connectivity index (χ2n) is 19.0. The van der Waals surface area contributed by atoms with E-state index in [9.17, 15) is 35.1 Å². The Kier molecular flexibility index (Phi) is 43.4. The molecule has 0 aliphatic carbocycles. The molecule has 0 radical (unpaired) electrons. The lowest BCUT2D eigenvalue weighted by molar-refractivity contribution is -0.305. The number of esters is 1. The average molecular weight is 984 g/mol. The Labute approximate surface area is 425 Å². The van der Waals surface area contributed by atoms with Crippen molar-refractivity contribution in [3.63, 3.8) is 0 Å². The molecule has 0 aromatic heterocycles. The number of aliphatic hydroxyl groups excluding tert-OH is 5. The molecule has 8 unspecified atom stereocenters. The average Bonchev–Trinajstić information content (AvgIpc) is 3.36. The third kappa shape index (κ3) is 35.0. The summed E-state index contributed by atoms with van der Waals surface area (Å²) >= 11 is 0. The van der Waals surface area contributed by atoms with Crippen LogP contribution in [-0.2, 0) is 23.8 Å². The molecule has 8 atom stereocenters. The molecule has 1 fully saturated rings. The van der Waals surface area contributed by atoms with Crippen molar-refractivity contribution in [2.75, 3.05) is 13.2 Å². The van der Waals surface area contributed by atoms with E-state index < -0.39 is 67.4 Å². The van der Waals surface area contributed by atoms with Crippen molar-refractivity contribution in [3.8, 4) is 0 Å². The van der Waals surface area contributed by atoms with E-state index in [-0.39, 0.29) is 19.4 Å². The van der Waals surface area contributed by atoms with Gasteiger partial charge < -0.3 is 45.1 Å². The normalized spacial score (nSPS) is 20.4. The molecule has 6 N–H and O–H groups in total. The van der Waals surface area contributed by atoms with Gasteiger partial charge in [-0.2, -0.15) is 0 Å². The van der Waals surface area contributed by atoms with Gasteiger partial charge in [-0.25, -0.2) is 0 Å². The lowest BCUT2D eigenvalue weighted by Crippen LogP contribution is -2.61. The molecule has 0 aromatic carbocycles. The number of ether oxygens (including phenoxy) is 3. The summed E-state index contributed by atoms with van der Waals surface area (Å²) in [6.45, 7) is 5.57. The summed E-state index contributed by atoms with van der Waals surface area (Å²) in [5, 5.41) is 56.7. The van der Waals surface area contributed by atoms with Crippen LogP contribution in [-0.4, -0.2) is 99.6 Å². The molecule has 0 spiro atoms. The van der Waals surface area contributed by atoms with E-state index in [4.69, 9.17) is 14.2 Å². The number of hydrogen-bond donors (Lipinski definition) is 6. The number of carbonyl (C=O) groups is 2. The van der Waals surface area contributed by atoms with Gasteiger partial charge in [0.1, 0.15) is 24.4 Å². The van der Waals surface area contributed by atoms with Crippen LogP contribution in [0.1, 0.15) is 213 Å². The Morgan fingerprint density at radius 1 is 0.586 bits per heavy atom. The molecule has 1 heterocycles. The van der Waals surface area contributed by atoms with E-state index >= 15 is 0 Å². The van der Waals surface area contributed by atoms with Gasteiger partial charge >= 0.3 is 5.97 Å². The van der Waals surface area contributed by atoms with Gasteiger partial charge in [0, 0.05) is 6.42 Å². The highest BCUT2D eigenvalue weighted by atomic mass is 16.7. The Hall–Kier alpha value is -3.16. The minimum atomic E-state index is -1.63. The number of aliphatic hydroxyl groups is 5. The smallest absolute Gasteiger partial charge is 0.306 e. The van der Waals surface area contributed by atoms with Gasteiger partial charge in [0.15, 0.2) is 12.4 Å². The third-order valence-electron chi connectivity index (χ3n) is 12.6. The molecule has 1 aliphatic rings. The fourth-order valence-electron chi connectivity index (χ4n) is 8.13. The minimum absolute atomic E-state index is 0.0937. The summed E-state index contributed by atoms with van der Waals surface area (Å²) in [7, 11) is 0. The zero-order chi connectivity index (χ0) is 51.1. The monoisotopic (exact) mass is 984 g/mol. The van der Waals surface area contributed by atoms with Crippen molar-refractivity contribution in [2.45, 2.75) is 262 Å². The van der Waals surface area contributed by atoms with Crippen molar-refractivity contribution in [1.82, 2.24) is 5.32 Å². The summed E-state index contributed by atoms with van der Waals surface area (Å²) in [6, 6.07) is -1.04. The molecular weight excluding hydrogens is 883 g/mol. The fraction of sp³-hybridized carbons (Fsp3) is 0.729. The second-order valence-corrected chi connectivity index (χ2v) is 19.0. The predicted octanol–water partition coefficient (Wildman–Crippen LogP) is 12.2. The van der Waals surface area contributed by atoms with Gasteiger partial charge in [-0.1, -0.05) is 209 Å². The molecule has 1 rings (SSSR count). The first kappa shape index (κ1) is 64.9. The molecule has 0 bridgehead atoms. The number of carbonyl (C=O) groups excluding carboxylic acids is 2. The summed E-state index contributed by atoms with van der Waals surface area (Å²) in [4.78, 5) is 26.4. The van der Waals surface area contributed by atoms with Crippen molar-refractivity contribution in [1.29, 1.82) is 0 Å².